The van der Waals surface area contributed by atoms with Crippen molar-refractivity contribution in [3.63, 3.8) is 0 Å². The Morgan fingerprint density at radius 3 is 1.13 bits per heavy atom. The van der Waals surface area contributed by atoms with E-state index in [4.69, 9.17) is 14.2 Å². The predicted molar refractivity (Wildman–Crippen MR) is 233 cm³/mol. The Bertz CT molecular complexity index is 821. The summed E-state index contributed by atoms with van der Waals surface area (Å²) in [5, 5.41) is 0. The first-order valence-corrected chi connectivity index (χ1v) is 23.9. The molecule has 5 heteroatoms. The van der Waals surface area contributed by atoms with Gasteiger partial charge in [-0.05, 0) is 70.6 Å². The van der Waals surface area contributed by atoms with Crippen LogP contribution in [0.4, 0.5) is 0 Å². The molecule has 1 unspecified atom stereocenters. The zero-order chi connectivity index (χ0) is 39.3. The second-order valence-electron chi connectivity index (χ2n) is 16.0. The Morgan fingerprint density at radius 1 is 0.389 bits per heavy atom. The Balaban J connectivity index is 4.03. The third-order valence-electron chi connectivity index (χ3n) is 10.5. The minimum atomic E-state index is -0.531. The number of carbonyl (C=O) groups excluding carboxylic acids is 2. The van der Waals surface area contributed by atoms with Crippen LogP contribution in [0.2, 0.25) is 0 Å². The topological polar surface area (TPSA) is 61.8 Å². The molecule has 0 N–H and O–H groups in total. The van der Waals surface area contributed by atoms with Crippen molar-refractivity contribution in [2.75, 3.05) is 19.8 Å². The van der Waals surface area contributed by atoms with Crippen LogP contribution in [0.1, 0.15) is 252 Å². The largest absolute Gasteiger partial charge is 0.462 e. The molecule has 0 amide bonds. The number of rotatable bonds is 44. The van der Waals surface area contributed by atoms with E-state index < -0.39 is 6.10 Å². The lowest BCUT2D eigenvalue weighted by Crippen LogP contribution is -2.30. The van der Waals surface area contributed by atoms with E-state index >= 15 is 0 Å². The highest BCUT2D eigenvalue weighted by Gasteiger charge is 2.17. The van der Waals surface area contributed by atoms with Gasteiger partial charge in [0.25, 0.3) is 0 Å². The van der Waals surface area contributed by atoms with Crippen LogP contribution in [-0.4, -0.2) is 37.9 Å². The Hall–Kier alpha value is -1.62. The monoisotopic (exact) mass is 761 g/mol. The van der Waals surface area contributed by atoms with E-state index in [-0.39, 0.29) is 25.2 Å². The first-order chi connectivity index (χ1) is 26.6. The van der Waals surface area contributed by atoms with Gasteiger partial charge in [-0.25, -0.2) is 0 Å². The molecule has 0 aliphatic carbocycles. The van der Waals surface area contributed by atoms with Gasteiger partial charge in [-0.15, -0.1) is 0 Å². The van der Waals surface area contributed by atoms with Crippen molar-refractivity contribution in [1.82, 2.24) is 0 Å². The third kappa shape index (κ3) is 43.1. The molecule has 0 spiro atoms. The summed E-state index contributed by atoms with van der Waals surface area (Å²) in [4.78, 5) is 25.0. The number of ether oxygens (including phenoxy) is 3. The SMILES string of the molecule is CCCCCCCC/C=C\CCCCCCCCCC(=O)OCC(COCCCCCCCC/C=C\CCCCCCCC)OC(=O)CCCCCCC. The molecule has 0 heterocycles. The smallest absolute Gasteiger partial charge is 0.306 e. The highest BCUT2D eigenvalue weighted by Crippen LogP contribution is 2.14. The van der Waals surface area contributed by atoms with Crippen LogP contribution < -0.4 is 0 Å². The van der Waals surface area contributed by atoms with Crippen LogP contribution in [0, 0.1) is 0 Å². The second kappa shape index (κ2) is 45.8. The van der Waals surface area contributed by atoms with E-state index in [1.54, 1.807) is 0 Å². The van der Waals surface area contributed by atoms with Gasteiger partial charge in [-0.2, -0.15) is 0 Å². The molecule has 0 aromatic heterocycles. The Kier molecular flexibility index (Phi) is 44.4. The summed E-state index contributed by atoms with van der Waals surface area (Å²) in [6.07, 6.45) is 52.1. The molecule has 0 saturated carbocycles. The van der Waals surface area contributed by atoms with Crippen LogP contribution in [0.25, 0.3) is 0 Å². The van der Waals surface area contributed by atoms with Gasteiger partial charge in [0.2, 0.25) is 0 Å². The molecule has 0 saturated heterocycles. The quantitative estimate of drug-likeness (QED) is 0.0352. The fourth-order valence-corrected chi connectivity index (χ4v) is 6.85. The van der Waals surface area contributed by atoms with E-state index in [0.717, 1.165) is 44.9 Å². The fraction of sp³-hybridized carbons (Fsp3) is 0.878. The normalized spacial score (nSPS) is 12.3. The zero-order valence-electron chi connectivity index (χ0n) is 36.5. The van der Waals surface area contributed by atoms with Crippen LogP contribution >= 0.6 is 0 Å². The minimum Gasteiger partial charge on any atom is -0.462 e. The Morgan fingerprint density at radius 2 is 0.722 bits per heavy atom. The molecule has 0 aliphatic heterocycles. The molecule has 1 atom stereocenters. The summed E-state index contributed by atoms with van der Waals surface area (Å²) in [7, 11) is 0. The fourth-order valence-electron chi connectivity index (χ4n) is 6.85. The van der Waals surface area contributed by atoms with E-state index in [1.165, 1.54) is 173 Å². The highest BCUT2D eigenvalue weighted by atomic mass is 16.6. The number of hydrogen-bond donors (Lipinski definition) is 0. The number of hydrogen-bond acceptors (Lipinski definition) is 5. The number of unbranched alkanes of at least 4 members (excludes halogenated alkanes) is 29. The van der Waals surface area contributed by atoms with Gasteiger partial charge in [-0.3, -0.25) is 9.59 Å². The van der Waals surface area contributed by atoms with E-state index in [1.807, 2.05) is 0 Å². The van der Waals surface area contributed by atoms with Crippen molar-refractivity contribution in [1.29, 1.82) is 0 Å². The van der Waals surface area contributed by atoms with Gasteiger partial charge in [0.1, 0.15) is 6.61 Å². The van der Waals surface area contributed by atoms with Crippen molar-refractivity contribution in [3.8, 4) is 0 Å². The van der Waals surface area contributed by atoms with Gasteiger partial charge in [0, 0.05) is 19.4 Å². The van der Waals surface area contributed by atoms with Crippen molar-refractivity contribution in [2.45, 2.75) is 258 Å². The molecule has 318 valence electrons. The molecular weight excluding hydrogens is 669 g/mol. The molecule has 0 aromatic carbocycles. The summed E-state index contributed by atoms with van der Waals surface area (Å²) in [5.74, 6) is -0.408. The molecule has 54 heavy (non-hydrogen) atoms. The zero-order valence-corrected chi connectivity index (χ0v) is 36.5. The first-order valence-electron chi connectivity index (χ1n) is 23.9. The first kappa shape index (κ1) is 52.4. The standard InChI is InChI=1S/C49H92O5/c1-4-7-10-13-15-17-19-21-23-25-26-28-30-32-34-37-39-42-48(50)53-46-47(54-49(51)43-40-36-12-9-6-3)45-52-44-41-38-35-33-31-29-27-24-22-20-18-16-14-11-8-5-2/h21-24,47H,4-20,25-46H2,1-3H3/b23-21-,24-22-. The van der Waals surface area contributed by atoms with Crippen LogP contribution in [0.5, 0.6) is 0 Å². The molecule has 0 bridgehead atoms. The van der Waals surface area contributed by atoms with Crippen molar-refractivity contribution >= 4 is 11.9 Å². The van der Waals surface area contributed by atoms with Crippen molar-refractivity contribution < 1.29 is 23.8 Å². The van der Waals surface area contributed by atoms with E-state index in [2.05, 4.69) is 45.1 Å². The maximum Gasteiger partial charge on any atom is 0.306 e. The maximum atomic E-state index is 12.5. The summed E-state index contributed by atoms with van der Waals surface area (Å²) in [6.45, 7) is 7.76. The highest BCUT2D eigenvalue weighted by molar-refractivity contribution is 5.70. The average Bonchev–Trinajstić information content (AvgIpc) is 3.17. The summed E-state index contributed by atoms with van der Waals surface area (Å²) >= 11 is 0. The summed E-state index contributed by atoms with van der Waals surface area (Å²) in [6, 6.07) is 0. The lowest BCUT2D eigenvalue weighted by molar-refractivity contribution is -0.163. The molecule has 5 nitrogen and oxygen atoms in total. The third-order valence-corrected chi connectivity index (χ3v) is 10.5. The lowest BCUT2D eigenvalue weighted by atomic mass is 10.1. The van der Waals surface area contributed by atoms with Gasteiger partial charge >= 0.3 is 11.9 Å². The second-order valence-corrected chi connectivity index (χ2v) is 16.0. The lowest BCUT2D eigenvalue weighted by Gasteiger charge is -2.18. The number of esters is 2. The molecule has 0 radical (unpaired) electrons. The van der Waals surface area contributed by atoms with Gasteiger partial charge in [-0.1, -0.05) is 193 Å². The number of carbonyl (C=O) groups is 2. The van der Waals surface area contributed by atoms with Crippen molar-refractivity contribution in [2.24, 2.45) is 0 Å². The van der Waals surface area contributed by atoms with E-state index in [0.29, 0.717) is 19.4 Å². The maximum absolute atomic E-state index is 12.5. The van der Waals surface area contributed by atoms with Crippen molar-refractivity contribution in [3.05, 3.63) is 24.3 Å². The molecule has 0 aliphatic rings. The van der Waals surface area contributed by atoms with Crippen LogP contribution in [0.15, 0.2) is 24.3 Å². The summed E-state index contributed by atoms with van der Waals surface area (Å²) in [5.41, 5.74) is 0. The minimum absolute atomic E-state index is 0.0845. The van der Waals surface area contributed by atoms with Crippen LogP contribution in [-0.2, 0) is 23.8 Å². The molecular formula is C49H92O5. The average molecular weight is 761 g/mol. The van der Waals surface area contributed by atoms with Gasteiger partial charge in [0.15, 0.2) is 6.10 Å². The van der Waals surface area contributed by atoms with E-state index in [9.17, 15) is 9.59 Å². The Labute approximate surface area is 337 Å². The van der Waals surface area contributed by atoms with Gasteiger partial charge < -0.3 is 14.2 Å². The molecule has 0 rings (SSSR count). The number of allylic oxidation sites excluding steroid dienone is 4. The van der Waals surface area contributed by atoms with Gasteiger partial charge in [0.05, 0.1) is 6.61 Å². The molecule has 0 aromatic rings. The van der Waals surface area contributed by atoms with Crippen LogP contribution in [0.3, 0.4) is 0 Å². The summed E-state index contributed by atoms with van der Waals surface area (Å²) < 4.78 is 17.2. The molecule has 0 fully saturated rings. The predicted octanol–water partition coefficient (Wildman–Crippen LogP) is 15.7.